The van der Waals surface area contributed by atoms with Crippen molar-refractivity contribution < 1.29 is 18.7 Å². The summed E-state index contributed by atoms with van der Waals surface area (Å²) in [5, 5.41) is 0. The van der Waals surface area contributed by atoms with Crippen LogP contribution in [0, 0.1) is 5.82 Å². The topological polar surface area (TPSA) is 76.2 Å². The number of fused-ring (bicyclic) bond motifs is 1. The van der Waals surface area contributed by atoms with Gasteiger partial charge in [-0.25, -0.2) is 9.18 Å². The molecule has 3 rings (SSSR count). The molecular weight excluding hydrogens is 301 g/mol. The molecule has 0 radical (unpaired) electrons. The highest BCUT2D eigenvalue weighted by molar-refractivity contribution is 6.00. The second-order valence-electron chi connectivity index (χ2n) is 5.35. The minimum atomic E-state index is -0.879. The number of carbonyl (C=O) groups excluding carboxylic acids is 2. The van der Waals surface area contributed by atoms with E-state index in [0.717, 1.165) is 0 Å². The van der Waals surface area contributed by atoms with E-state index in [9.17, 15) is 18.8 Å². The maximum absolute atomic E-state index is 13.5. The summed E-state index contributed by atoms with van der Waals surface area (Å²) in [7, 11) is 0. The summed E-state index contributed by atoms with van der Waals surface area (Å²) in [6, 6.07) is 7.17. The maximum atomic E-state index is 13.5. The zero-order chi connectivity index (χ0) is 16.4. The van der Waals surface area contributed by atoms with Crippen LogP contribution in [-0.2, 0) is 17.8 Å². The Kier molecular flexibility index (Phi) is 4.06. The predicted molar refractivity (Wildman–Crippen MR) is 79.9 cm³/mol. The van der Waals surface area contributed by atoms with E-state index in [2.05, 4.69) is 4.98 Å². The summed E-state index contributed by atoms with van der Waals surface area (Å²) in [5.74, 6) is -1.48. The third-order valence-electron chi connectivity index (χ3n) is 3.79. The van der Waals surface area contributed by atoms with Gasteiger partial charge in [0.25, 0.3) is 5.56 Å². The van der Waals surface area contributed by atoms with Gasteiger partial charge in [0.05, 0.1) is 0 Å². The van der Waals surface area contributed by atoms with Crippen molar-refractivity contribution in [3.05, 3.63) is 68.9 Å². The molecule has 118 valence electrons. The first kappa shape index (κ1) is 15.1. The number of hydrogen-bond acceptors (Lipinski definition) is 4. The molecule has 23 heavy (non-hydrogen) atoms. The number of Topliss-reactive ketones (excluding diaryl/α,β-unsaturated/α-hetero) is 1. The standard InChI is InChI=1S/C17H14FNO4/c18-13-5-2-1-4-10(13)9-23-17(22)12-8-11-14(19-16(12)21)6-3-7-15(11)20/h1-2,4-5,8H,3,6-7,9H2,(H,19,21). The third-order valence-corrected chi connectivity index (χ3v) is 3.79. The monoisotopic (exact) mass is 315 g/mol. The number of ketones is 1. The molecule has 1 aromatic heterocycles. The van der Waals surface area contributed by atoms with Crippen LogP contribution in [0.15, 0.2) is 35.1 Å². The number of hydrogen-bond donors (Lipinski definition) is 1. The lowest BCUT2D eigenvalue weighted by Gasteiger charge is -2.14. The Morgan fingerprint density at radius 3 is 2.78 bits per heavy atom. The quantitative estimate of drug-likeness (QED) is 0.882. The second-order valence-corrected chi connectivity index (χ2v) is 5.35. The molecule has 0 aliphatic heterocycles. The van der Waals surface area contributed by atoms with Gasteiger partial charge < -0.3 is 9.72 Å². The maximum Gasteiger partial charge on any atom is 0.344 e. The minimum absolute atomic E-state index is 0.106. The Bertz CT molecular complexity index is 841. The van der Waals surface area contributed by atoms with Crippen LogP contribution in [0.1, 0.15) is 44.8 Å². The molecule has 0 saturated carbocycles. The number of H-pyrrole nitrogens is 1. The van der Waals surface area contributed by atoms with Gasteiger partial charge in [0.2, 0.25) is 0 Å². The molecule has 0 saturated heterocycles. The second kappa shape index (κ2) is 6.16. The van der Waals surface area contributed by atoms with Crippen molar-refractivity contribution in [1.29, 1.82) is 0 Å². The van der Waals surface area contributed by atoms with E-state index in [0.29, 0.717) is 30.5 Å². The van der Waals surface area contributed by atoms with Gasteiger partial charge in [-0.1, -0.05) is 18.2 Å². The number of rotatable bonds is 3. The Hall–Kier alpha value is -2.76. The fraction of sp³-hybridized carbons (Fsp3) is 0.235. The summed E-state index contributed by atoms with van der Waals surface area (Å²) < 4.78 is 18.5. The van der Waals surface area contributed by atoms with Crippen LogP contribution < -0.4 is 5.56 Å². The number of pyridine rings is 1. The van der Waals surface area contributed by atoms with Crippen LogP contribution in [0.2, 0.25) is 0 Å². The molecule has 5 nitrogen and oxygen atoms in total. The molecular formula is C17H14FNO4. The van der Waals surface area contributed by atoms with Crippen molar-refractivity contribution >= 4 is 11.8 Å². The van der Waals surface area contributed by atoms with Crippen molar-refractivity contribution in [2.24, 2.45) is 0 Å². The van der Waals surface area contributed by atoms with Crippen LogP contribution in [0.4, 0.5) is 4.39 Å². The smallest absolute Gasteiger partial charge is 0.344 e. The number of carbonyl (C=O) groups is 2. The molecule has 0 spiro atoms. The molecule has 0 atom stereocenters. The lowest BCUT2D eigenvalue weighted by Crippen LogP contribution is -2.25. The predicted octanol–water partition coefficient (Wildman–Crippen LogP) is 2.39. The molecule has 0 fully saturated rings. The molecule has 6 heteroatoms. The normalized spacial score (nSPS) is 13.5. The first-order chi connectivity index (χ1) is 11.1. The number of halogens is 1. The number of aromatic amines is 1. The molecule has 1 aromatic carbocycles. The number of ether oxygens (including phenoxy) is 1. The fourth-order valence-corrected chi connectivity index (χ4v) is 2.56. The zero-order valence-corrected chi connectivity index (χ0v) is 12.2. The van der Waals surface area contributed by atoms with E-state index >= 15 is 0 Å². The Morgan fingerprint density at radius 2 is 2.00 bits per heavy atom. The number of esters is 1. The lowest BCUT2D eigenvalue weighted by molar-refractivity contribution is 0.0466. The molecule has 2 aromatic rings. The highest BCUT2D eigenvalue weighted by Gasteiger charge is 2.22. The molecule has 1 N–H and O–H groups in total. The highest BCUT2D eigenvalue weighted by atomic mass is 19.1. The largest absolute Gasteiger partial charge is 0.457 e. The Morgan fingerprint density at radius 1 is 1.22 bits per heavy atom. The number of benzene rings is 1. The first-order valence-corrected chi connectivity index (χ1v) is 7.26. The van der Waals surface area contributed by atoms with Crippen LogP contribution >= 0.6 is 0 Å². The summed E-state index contributed by atoms with van der Waals surface area (Å²) in [6.45, 7) is -0.282. The summed E-state index contributed by atoms with van der Waals surface area (Å²) >= 11 is 0. The van der Waals surface area contributed by atoms with E-state index in [1.54, 1.807) is 6.07 Å². The molecule has 0 unspecified atom stereocenters. The van der Waals surface area contributed by atoms with Crippen molar-refractivity contribution in [3.8, 4) is 0 Å². The Balaban J connectivity index is 1.83. The van der Waals surface area contributed by atoms with Gasteiger partial charge in [0.1, 0.15) is 18.0 Å². The lowest BCUT2D eigenvalue weighted by atomic mass is 9.94. The van der Waals surface area contributed by atoms with Gasteiger partial charge in [-0.15, -0.1) is 0 Å². The molecule has 1 heterocycles. The average Bonchev–Trinajstić information content (AvgIpc) is 2.53. The zero-order valence-electron chi connectivity index (χ0n) is 12.2. The van der Waals surface area contributed by atoms with E-state index in [4.69, 9.17) is 4.74 Å². The van der Waals surface area contributed by atoms with Crippen molar-refractivity contribution in [3.63, 3.8) is 0 Å². The summed E-state index contributed by atoms with van der Waals surface area (Å²) in [4.78, 5) is 38.5. The SMILES string of the molecule is O=C1CCCc2[nH]c(=O)c(C(=O)OCc3ccccc3F)cc21. The summed E-state index contributed by atoms with van der Waals surface area (Å²) in [5.41, 5.74) is 0.282. The minimum Gasteiger partial charge on any atom is -0.457 e. The van der Waals surface area contributed by atoms with Gasteiger partial charge in [-0.3, -0.25) is 9.59 Å². The van der Waals surface area contributed by atoms with E-state index in [-0.39, 0.29) is 23.5 Å². The van der Waals surface area contributed by atoms with Crippen molar-refractivity contribution in [2.45, 2.75) is 25.9 Å². The summed E-state index contributed by atoms with van der Waals surface area (Å²) in [6.07, 6.45) is 1.67. The van der Waals surface area contributed by atoms with Crippen molar-refractivity contribution in [2.75, 3.05) is 0 Å². The van der Waals surface area contributed by atoms with Gasteiger partial charge in [0.15, 0.2) is 5.78 Å². The van der Waals surface area contributed by atoms with Crippen molar-refractivity contribution in [1.82, 2.24) is 4.98 Å². The molecule has 0 amide bonds. The highest BCUT2D eigenvalue weighted by Crippen LogP contribution is 2.19. The van der Waals surface area contributed by atoms with E-state index in [1.165, 1.54) is 24.3 Å². The Labute approximate surface area is 131 Å². The third kappa shape index (κ3) is 3.06. The van der Waals surface area contributed by atoms with Crippen LogP contribution in [0.25, 0.3) is 0 Å². The number of aromatic nitrogens is 1. The first-order valence-electron chi connectivity index (χ1n) is 7.26. The van der Waals surface area contributed by atoms with Gasteiger partial charge >= 0.3 is 5.97 Å². The van der Waals surface area contributed by atoms with Gasteiger partial charge in [-0.05, 0) is 25.0 Å². The van der Waals surface area contributed by atoms with E-state index < -0.39 is 17.3 Å². The fourth-order valence-electron chi connectivity index (χ4n) is 2.56. The van der Waals surface area contributed by atoms with Crippen LogP contribution in [0.3, 0.4) is 0 Å². The number of aryl methyl sites for hydroxylation is 1. The van der Waals surface area contributed by atoms with E-state index in [1.807, 2.05) is 0 Å². The van der Waals surface area contributed by atoms with Crippen LogP contribution in [-0.4, -0.2) is 16.7 Å². The van der Waals surface area contributed by atoms with Crippen LogP contribution in [0.5, 0.6) is 0 Å². The molecule has 0 bridgehead atoms. The average molecular weight is 315 g/mol. The molecule has 1 aliphatic carbocycles. The van der Waals surface area contributed by atoms with Gasteiger partial charge in [0, 0.05) is 23.2 Å². The molecule has 1 aliphatic rings. The number of nitrogens with one attached hydrogen (secondary N) is 1. The van der Waals surface area contributed by atoms with Gasteiger partial charge in [-0.2, -0.15) is 0 Å².